The van der Waals surface area contributed by atoms with E-state index in [0.29, 0.717) is 27.5 Å². The summed E-state index contributed by atoms with van der Waals surface area (Å²) in [5.41, 5.74) is 0.520. The molecule has 0 aromatic heterocycles. The largest absolute Gasteiger partial charge is 0.491 e. The Kier molecular flexibility index (Phi) is 4.83. The summed E-state index contributed by atoms with van der Waals surface area (Å²) >= 11 is 9.21. The first-order valence-electron chi connectivity index (χ1n) is 4.63. The lowest BCUT2D eigenvalue weighted by Gasteiger charge is -2.12. The van der Waals surface area contributed by atoms with Crippen molar-refractivity contribution in [1.29, 1.82) is 0 Å². The third-order valence-electron chi connectivity index (χ3n) is 1.74. The lowest BCUT2D eigenvalue weighted by Crippen LogP contribution is -2.09. The van der Waals surface area contributed by atoms with Crippen LogP contribution in [0.5, 0.6) is 5.75 Å². The van der Waals surface area contributed by atoms with Crippen LogP contribution in [-0.4, -0.2) is 12.5 Å². The fraction of sp³-hybridized carbons (Fsp3) is 0.182. The minimum atomic E-state index is -0.310. The van der Waals surface area contributed by atoms with Gasteiger partial charge in [0.25, 0.3) is 0 Å². The summed E-state index contributed by atoms with van der Waals surface area (Å²) in [5, 5.41) is 3.14. The molecule has 0 atom stereocenters. The number of hydrogen-bond acceptors (Lipinski definition) is 2. The van der Waals surface area contributed by atoms with Gasteiger partial charge in [-0.1, -0.05) is 18.2 Å². The molecule has 0 aliphatic carbocycles. The second-order valence-electron chi connectivity index (χ2n) is 2.89. The Morgan fingerprint density at radius 2 is 2.38 bits per heavy atom. The van der Waals surface area contributed by atoms with Gasteiger partial charge in [0, 0.05) is 5.02 Å². The van der Waals surface area contributed by atoms with Crippen LogP contribution in [0.4, 0.5) is 5.69 Å². The molecule has 0 spiro atoms. The van der Waals surface area contributed by atoms with Crippen LogP contribution < -0.4 is 10.1 Å². The first-order chi connectivity index (χ1) is 7.58. The Balaban J connectivity index is 3.12. The summed E-state index contributed by atoms with van der Waals surface area (Å²) in [4.78, 5) is 11.2. The van der Waals surface area contributed by atoms with Crippen LogP contribution in [0.3, 0.4) is 0 Å². The van der Waals surface area contributed by atoms with E-state index in [2.05, 4.69) is 27.8 Å². The number of ether oxygens (including phenoxy) is 1. The normalized spacial score (nSPS) is 9.69. The van der Waals surface area contributed by atoms with Crippen molar-refractivity contribution in [2.24, 2.45) is 0 Å². The van der Waals surface area contributed by atoms with Crippen molar-refractivity contribution in [2.45, 2.75) is 6.92 Å². The van der Waals surface area contributed by atoms with E-state index < -0.39 is 0 Å². The van der Waals surface area contributed by atoms with Crippen LogP contribution in [0.2, 0.25) is 5.02 Å². The van der Waals surface area contributed by atoms with E-state index in [1.165, 1.54) is 6.08 Å². The molecular weight excluding hydrogens is 293 g/mol. The molecule has 86 valence electrons. The highest BCUT2D eigenvalue weighted by Gasteiger charge is 2.11. The molecule has 0 saturated heterocycles. The molecule has 0 saturated carbocycles. The standard InChI is InChI=1S/C11H11BrClNO2/c1-3-10(15)14-9-6-7(13)5-8(12)11(9)16-4-2/h3,5-6H,1,4H2,2H3,(H,14,15). The molecule has 5 heteroatoms. The molecule has 0 fully saturated rings. The van der Waals surface area contributed by atoms with Gasteiger partial charge in [0.1, 0.15) is 0 Å². The first-order valence-corrected chi connectivity index (χ1v) is 5.80. The van der Waals surface area contributed by atoms with Gasteiger partial charge in [-0.2, -0.15) is 0 Å². The predicted octanol–water partition coefficient (Wildman–Crippen LogP) is 3.63. The van der Waals surface area contributed by atoms with E-state index in [-0.39, 0.29) is 5.91 Å². The topological polar surface area (TPSA) is 38.3 Å². The fourth-order valence-electron chi connectivity index (χ4n) is 1.13. The number of benzene rings is 1. The quantitative estimate of drug-likeness (QED) is 0.863. The number of halogens is 2. The number of carbonyl (C=O) groups is 1. The smallest absolute Gasteiger partial charge is 0.247 e. The molecule has 0 heterocycles. The van der Waals surface area contributed by atoms with Crippen LogP contribution in [-0.2, 0) is 4.79 Å². The van der Waals surface area contributed by atoms with Gasteiger partial charge >= 0.3 is 0 Å². The average Bonchev–Trinajstić information content (AvgIpc) is 2.23. The summed E-state index contributed by atoms with van der Waals surface area (Å²) in [6.45, 7) is 5.74. The number of nitrogens with one attached hydrogen (secondary N) is 1. The van der Waals surface area contributed by atoms with E-state index in [1.54, 1.807) is 12.1 Å². The first kappa shape index (κ1) is 13.1. The minimum Gasteiger partial charge on any atom is -0.491 e. The highest BCUT2D eigenvalue weighted by molar-refractivity contribution is 9.10. The monoisotopic (exact) mass is 303 g/mol. The van der Waals surface area contributed by atoms with E-state index in [0.717, 1.165) is 0 Å². The van der Waals surface area contributed by atoms with Crippen LogP contribution >= 0.6 is 27.5 Å². The maximum absolute atomic E-state index is 11.2. The highest BCUT2D eigenvalue weighted by atomic mass is 79.9. The van der Waals surface area contributed by atoms with Gasteiger partial charge in [0.05, 0.1) is 16.8 Å². The lowest BCUT2D eigenvalue weighted by atomic mass is 10.3. The molecule has 1 amide bonds. The van der Waals surface area contributed by atoms with Crippen molar-refractivity contribution in [3.05, 3.63) is 34.3 Å². The van der Waals surface area contributed by atoms with Gasteiger partial charge in [0.2, 0.25) is 5.91 Å². The van der Waals surface area contributed by atoms with Gasteiger partial charge in [0.15, 0.2) is 5.75 Å². The Morgan fingerprint density at radius 3 is 2.94 bits per heavy atom. The van der Waals surface area contributed by atoms with Crippen LogP contribution in [0.15, 0.2) is 29.3 Å². The van der Waals surface area contributed by atoms with E-state index in [1.807, 2.05) is 6.92 Å². The molecular formula is C11H11BrClNO2. The summed E-state index contributed by atoms with van der Waals surface area (Å²) in [7, 11) is 0. The van der Waals surface area contributed by atoms with Gasteiger partial charge < -0.3 is 10.1 Å². The zero-order valence-corrected chi connectivity index (χ0v) is 11.1. The van der Waals surface area contributed by atoms with E-state index >= 15 is 0 Å². The van der Waals surface area contributed by atoms with Crippen molar-refractivity contribution in [1.82, 2.24) is 0 Å². The van der Waals surface area contributed by atoms with Gasteiger partial charge in [-0.3, -0.25) is 4.79 Å². The Morgan fingerprint density at radius 1 is 1.69 bits per heavy atom. The molecule has 0 aliphatic heterocycles. The van der Waals surface area contributed by atoms with Crippen LogP contribution in [0.25, 0.3) is 0 Å². The van der Waals surface area contributed by atoms with E-state index in [9.17, 15) is 4.79 Å². The summed E-state index contributed by atoms with van der Waals surface area (Å²) in [6.07, 6.45) is 1.19. The third kappa shape index (κ3) is 3.25. The SMILES string of the molecule is C=CC(=O)Nc1cc(Cl)cc(Br)c1OCC. The Bertz CT molecular complexity index is 421. The average molecular weight is 305 g/mol. The molecule has 1 rings (SSSR count). The summed E-state index contributed by atoms with van der Waals surface area (Å²) < 4.78 is 6.11. The Hall–Kier alpha value is -1.00. The maximum Gasteiger partial charge on any atom is 0.247 e. The van der Waals surface area contributed by atoms with Crippen molar-refractivity contribution < 1.29 is 9.53 Å². The highest BCUT2D eigenvalue weighted by Crippen LogP contribution is 2.36. The predicted molar refractivity (Wildman–Crippen MR) is 69.1 cm³/mol. The zero-order valence-electron chi connectivity index (χ0n) is 8.72. The molecule has 1 aromatic rings. The molecule has 0 radical (unpaired) electrons. The summed E-state index contributed by atoms with van der Waals surface area (Å²) in [6, 6.07) is 3.33. The maximum atomic E-state index is 11.2. The molecule has 3 nitrogen and oxygen atoms in total. The van der Waals surface area contributed by atoms with Crippen LogP contribution in [0.1, 0.15) is 6.92 Å². The second-order valence-corrected chi connectivity index (χ2v) is 4.18. The molecule has 1 N–H and O–H groups in total. The third-order valence-corrected chi connectivity index (χ3v) is 2.55. The van der Waals surface area contributed by atoms with Crippen molar-refractivity contribution in [3.8, 4) is 5.75 Å². The molecule has 0 bridgehead atoms. The van der Waals surface area contributed by atoms with Crippen LogP contribution in [0, 0.1) is 0 Å². The van der Waals surface area contributed by atoms with Crippen molar-refractivity contribution in [2.75, 3.05) is 11.9 Å². The number of hydrogen-bond donors (Lipinski definition) is 1. The van der Waals surface area contributed by atoms with Crippen molar-refractivity contribution >= 4 is 39.1 Å². The molecule has 1 aromatic carbocycles. The number of anilines is 1. The molecule has 0 unspecified atom stereocenters. The summed E-state index contributed by atoms with van der Waals surface area (Å²) in [5.74, 6) is 0.247. The van der Waals surface area contributed by atoms with Crippen molar-refractivity contribution in [3.63, 3.8) is 0 Å². The molecule has 16 heavy (non-hydrogen) atoms. The van der Waals surface area contributed by atoms with Gasteiger partial charge in [-0.05, 0) is 41.1 Å². The van der Waals surface area contributed by atoms with Gasteiger partial charge in [-0.15, -0.1) is 0 Å². The van der Waals surface area contributed by atoms with E-state index in [4.69, 9.17) is 16.3 Å². The minimum absolute atomic E-state index is 0.310. The zero-order chi connectivity index (χ0) is 12.1. The number of rotatable bonds is 4. The van der Waals surface area contributed by atoms with Gasteiger partial charge in [-0.25, -0.2) is 0 Å². The molecule has 0 aliphatic rings. The fourth-order valence-corrected chi connectivity index (χ4v) is 2.05. The Labute approximate surface area is 108 Å². The number of carbonyl (C=O) groups excluding carboxylic acids is 1. The lowest BCUT2D eigenvalue weighted by molar-refractivity contribution is -0.111. The second kappa shape index (κ2) is 5.92. The number of amides is 1.